The van der Waals surface area contributed by atoms with E-state index in [1.807, 2.05) is 6.92 Å². The Labute approximate surface area is 152 Å². The number of hydrogen-bond donors (Lipinski definition) is 0. The summed E-state index contributed by atoms with van der Waals surface area (Å²) in [6.07, 6.45) is 0.592. The number of hydrogen-bond acceptors (Lipinski definition) is 4. The lowest BCUT2D eigenvalue weighted by atomic mass is 9.92. The molecule has 0 N–H and O–H groups in total. The van der Waals surface area contributed by atoms with Gasteiger partial charge in [-0.1, -0.05) is 12.1 Å². The van der Waals surface area contributed by atoms with Crippen molar-refractivity contribution in [1.29, 1.82) is 0 Å². The summed E-state index contributed by atoms with van der Waals surface area (Å²) < 4.78 is 26.2. The number of morpholine rings is 1. The number of likely N-dealkylation sites (tertiary alicyclic amines) is 1. The summed E-state index contributed by atoms with van der Waals surface area (Å²) in [6, 6.07) is 6.94. The summed E-state index contributed by atoms with van der Waals surface area (Å²) in [5.41, 5.74) is -1.64. The average molecular weight is 364 g/mol. The van der Waals surface area contributed by atoms with Crippen LogP contribution in [0.15, 0.2) is 24.3 Å². The normalized spacial score (nSPS) is 23.6. The van der Waals surface area contributed by atoms with Gasteiger partial charge >= 0.3 is 0 Å². The number of alkyl halides is 1. The lowest BCUT2D eigenvalue weighted by Gasteiger charge is -2.40. The van der Waals surface area contributed by atoms with Crippen LogP contribution in [-0.4, -0.2) is 73.3 Å². The predicted octanol–water partition coefficient (Wildman–Crippen LogP) is 1.89. The number of halogens is 1. The Hall–Kier alpha value is -2.15. The van der Waals surface area contributed by atoms with Crippen molar-refractivity contribution >= 4 is 11.8 Å². The van der Waals surface area contributed by atoms with Crippen molar-refractivity contribution in [3.8, 4) is 5.75 Å². The van der Waals surface area contributed by atoms with Crippen LogP contribution in [0.3, 0.4) is 0 Å². The third kappa shape index (κ3) is 3.82. The van der Waals surface area contributed by atoms with Gasteiger partial charge in [-0.3, -0.25) is 9.59 Å². The van der Waals surface area contributed by atoms with Gasteiger partial charge in [-0.2, -0.15) is 0 Å². The zero-order valence-electron chi connectivity index (χ0n) is 15.1. The van der Waals surface area contributed by atoms with Crippen molar-refractivity contribution in [2.45, 2.75) is 25.4 Å². The van der Waals surface area contributed by atoms with E-state index in [1.165, 1.54) is 9.80 Å². The molecule has 142 valence electrons. The quantitative estimate of drug-likeness (QED) is 0.819. The first kappa shape index (κ1) is 18.6. The molecule has 3 rings (SSSR count). The Bertz CT molecular complexity index is 663. The highest BCUT2D eigenvalue weighted by Gasteiger charge is 2.46. The van der Waals surface area contributed by atoms with Crippen molar-refractivity contribution in [2.75, 3.05) is 46.0 Å². The molecule has 6 nitrogen and oxygen atoms in total. The number of piperidine rings is 1. The van der Waals surface area contributed by atoms with E-state index in [-0.39, 0.29) is 18.9 Å². The summed E-state index contributed by atoms with van der Waals surface area (Å²) in [6.45, 7) is 4.13. The maximum Gasteiger partial charge on any atom is 0.262 e. The third-order valence-electron chi connectivity index (χ3n) is 4.83. The number of rotatable bonds is 4. The molecule has 1 atom stereocenters. The zero-order valence-corrected chi connectivity index (χ0v) is 15.1. The van der Waals surface area contributed by atoms with Crippen molar-refractivity contribution in [3.05, 3.63) is 29.8 Å². The third-order valence-corrected chi connectivity index (χ3v) is 4.83. The Morgan fingerprint density at radius 1 is 1.19 bits per heavy atom. The lowest BCUT2D eigenvalue weighted by Crippen LogP contribution is -2.58. The first-order valence-electron chi connectivity index (χ1n) is 9.12. The zero-order chi connectivity index (χ0) is 18.6. The first-order valence-corrected chi connectivity index (χ1v) is 9.12. The van der Waals surface area contributed by atoms with Crippen molar-refractivity contribution in [1.82, 2.24) is 9.80 Å². The number of benzene rings is 1. The number of amides is 2. The van der Waals surface area contributed by atoms with Crippen LogP contribution in [0.25, 0.3) is 0 Å². The van der Waals surface area contributed by atoms with E-state index in [4.69, 9.17) is 9.47 Å². The topological polar surface area (TPSA) is 59.1 Å². The molecule has 0 saturated carbocycles. The minimum absolute atomic E-state index is 0.139. The Kier molecular flexibility index (Phi) is 5.76. The van der Waals surface area contributed by atoms with Gasteiger partial charge in [0.1, 0.15) is 5.75 Å². The van der Waals surface area contributed by atoms with E-state index < -0.39 is 11.6 Å². The first-order chi connectivity index (χ1) is 12.5. The second-order valence-corrected chi connectivity index (χ2v) is 6.63. The Morgan fingerprint density at radius 3 is 2.65 bits per heavy atom. The number of nitrogens with zero attached hydrogens (tertiary/aromatic N) is 2. The fourth-order valence-electron chi connectivity index (χ4n) is 3.50. The van der Waals surface area contributed by atoms with Gasteiger partial charge in [0, 0.05) is 19.6 Å². The SMILES string of the molecule is CCOc1ccccc1C(=O)N1CCCC(F)(C(=O)N2CCOCC2)C1. The summed E-state index contributed by atoms with van der Waals surface area (Å²) in [5, 5.41) is 0. The highest BCUT2D eigenvalue weighted by molar-refractivity contribution is 5.97. The second-order valence-electron chi connectivity index (χ2n) is 6.63. The second kappa shape index (κ2) is 8.03. The fraction of sp³-hybridized carbons (Fsp3) is 0.579. The number of carbonyl (C=O) groups is 2. The highest BCUT2D eigenvalue weighted by atomic mass is 19.1. The van der Waals surface area contributed by atoms with E-state index in [0.717, 1.165) is 0 Å². The van der Waals surface area contributed by atoms with Crippen LogP contribution in [-0.2, 0) is 9.53 Å². The van der Waals surface area contributed by atoms with Crippen LogP contribution in [0.2, 0.25) is 0 Å². The van der Waals surface area contributed by atoms with Gasteiger partial charge in [-0.25, -0.2) is 4.39 Å². The number of para-hydroxylation sites is 1. The van der Waals surface area contributed by atoms with Crippen LogP contribution in [0.4, 0.5) is 4.39 Å². The summed E-state index contributed by atoms with van der Waals surface area (Å²) in [5.74, 6) is -0.350. The smallest absolute Gasteiger partial charge is 0.262 e. The van der Waals surface area contributed by atoms with Crippen LogP contribution in [0.1, 0.15) is 30.1 Å². The molecule has 26 heavy (non-hydrogen) atoms. The molecule has 0 aromatic heterocycles. The van der Waals surface area contributed by atoms with Gasteiger partial charge in [0.15, 0.2) is 0 Å². The van der Waals surface area contributed by atoms with E-state index in [2.05, 4.69) is 0 Å². The van der Waals surface area contributed by atoms with Crippen molar-refractivity contribution in [2.24, 2.45) is 0 Å². The molecule has 1 aromatic rings. The molecule has 7 heteroatoms. The molecule has 0 spiro atoms. The van der Waals surface area contributed by atoms with Crippen LogP contribution < -0.4 is 4.74 Å². The largest absolute Gasteiger partial charge is 0.493 e. The van der Waals surface area contributed by atoms with E-state index in [1.54, 1.807) is 24.3 Å². The maximum atomic E-state index is 15.5. The summed E-state index contributed by atoms with van der Waals surface area (Å²) in [7, 11) is 0. The van der Waals surface area contributed by atoms with Crippen LogP contribution in [0.5, 0.6) is 5.75 Å². The molecule has 2 aliphatic rings. The Balaban J connectivity index is 1.75. The molecule has 2 amide bonds. The molecule has 1 unspecified atom stereocenters. The van der Waals surface area contributed by atoms with Gasteiger partial charge in [-0.15, -0.1) is 0 Å². The van der Waals surface area contributed by atoms with E-state index in [9.17, 15) is 9.59 Å². The van der Waals surface area contributed by atoms with E-state index >= 15 is 4.39 Å². The summed E-state index contributed by atoms with van der Waals surface area (Å²) >= 11 is 0. The molecule has 0 radical (unpaired) electrons. The lowest BCUT2D eigenvalue weighted by molar-refractivity contribution is -0.151. The standard InChI is InChI=1S/C19H25FN2O4/c1-2-26-16-7-4-3-6-15(16)17(23)22-9-5-8-19(20,14-22)18(24)21-10-12-25-13-11-21/h3-4,6-7H,2,5,8-14H2,1H3. The average Bonchev–Trinajstić information content (AvgIpc) is 2.68. The molecular weight excluding hydrogens is 339 g/mol. The van der Waals surface area contributed by atoms with Gasteiger partial charge < -0.3 is 19.3 Å². The highest BCUT2D eigenvalue weighted by Crippen LogP contribution is 2.30. The molecule has 2 heterocycles. The molecule has 1 aromatic carbocycles. The van der Waals surface area contributed by atoms with Crippen LogP contribution >= 0.6 is 0 Å². The molecule has 2 aliphatic heterocycles. The predicted molar refractivity (Wildman–Crippen MR) is 94.0 cm³/mol. The van der Waals surface area contributed by atoms with Crippen molar-refractivity contribution in [3.63, 3.8) is 0 Å². The molecule has 0 bridgehead atoms. The maximum absolute atomic E-state index is 15.5. The van der Waals surface area contributed by atoms with E-state index in [0.29, 0.717) is 57.2 Å². The molecule has 2 fully saturated rings. The van der Waals surface area contributed by atoms with Crippen molar-refractivity contribution < 1.29 is 23.5 Å². The van der Waals surface area contributed by atoms with Gasteiger partial charge in [0.25, 0.3) is 11.8 Å². The minimum Gasteiger partial charge on any atom is -0.493 e. The Morgan fingerprint density at radius 2 is 1.92 bits per heavy atom. The van der Waals surface area contributed by atoms with Gasteiger partial charge in [-0.05, 0) is 31.9 Å². The number of carbonyl (C=O) groups excluding carboxylic acids is 2. The molecular formula is C19H25FN2O4. The van der Waals surface area contributed by atoms with Gasteiger partial charge in [0.05, 0.1) is 31.9 Å². The fourth-order valence-corrected chi connectivity index (χ4v) is 3.50. The minimum atomic E-state index is -2.04. The summed E-state index contributed by atoms with van der Waals surface area (Å²) in [4.78, 5) is 28.5. The molecule has 2 saturated heterocycles. The van der Waals surface area contributed by atoms with Crippen LogP contribution in [0, 0.1) is 0 Å². The molecule has 0 aliphatic carbocycles. The monoisotopic (exact) mass is 364 g/mol. The van der Waals surface area contributed by atoms with Gasteiger partial charge in [0.2, 0.25) is 5.67 Å². The number of ether oxygens (including phenoxy) is 2.